The van der Waals surface area contributed by atoms with Crippen LogP contribution >= 0.6 is 11.7 Å². The number of aromatic nitrogens is 2. The predicted molar refractivity (Wildman–Crippen MR) is 61.0 cm³/mol. The number of hydrogen-bond acceptors (Lipinski definition) is 3. The summed E-state index contributed by atoms with van der Waals surface area (Å²) < 4.78 is 8.71. The van der Waals surface area contributed by atoms with Crippen LogP contribution in [-0.2, 0) is 6.42 Å². The molecule has 0 N–H and O–H groups in total. The summed E-state index contributed by atoms with van der Waals surface area (Å²) in [6.07, 6.45) is 1.08. The van der Waals surface area contributed by atoms with Gasteiger partial charge in [-0.1, -0.05) is 6.92 Å². The summed E-state index contributed by atoms with van der Waals surface area (Å²) in [6.45, 7) is 8.66. The highest BCUT2D eigenvalue weighted by molar-refractivity contribution is 7.00. The van der Waals surface area contributed by atoms with E-state index in [1.54, 1.807) is 0 Å². The van der Waals surface area contributed by atoms with Gasteiger partial charge in [0, 0.05) is 0 Å². The van der Waals surface area contributed by atoms with E-state index < -0.39 is 0 Å². The van der Waals surface area contributed by atoms with Gasteiger partial charge in [-0.15, -0.1) is 0 Å². The normalized spacial score (nSPS) is 11.1. The van der Waals surface area contributed by atoms with E-state index in [1.165, 1.54) is 34.0 Å². The number of hydrogen-bond donors (Lipinski definition) is 0. The quantitative estimate of drug-likeness (QED) is 0.716. The van der Waals surface area contributed by atoms with Gasteiger partial charge in [0.1, 0.15) is 11.0 Å². The van der Waals surface area contributed by atoms with Gasteiger partial charge in [-0.25, -0.2) is 0 Å². The SMILES string of the molecule is CCc1c(C)c(C)c2nsnc2c1C. The fourth-order valence-corrected chi connectivity index (χ4v) is 2.69. The van der Waals surface area contributed by atoms with Crippen LogP contribution in [-0.4, -0.2) is 8.75 Å². The number of fused-ring (bicyclic) bond motifs is 1. The molecule has 0 radical (unpaired) electrons. The van der Waals surface area contributed by atoms with Crippen LogP contribution in [0.25, 0.3) is 11.0 Å². The van der Waals surface area contributed by atoms with Crippen molar-refractivity contribution in [1.82, 2.24) is 8.75 Å². The van der Waals surface area contributed by atoms with Crippen LogP contribution in [0.3, 0.4) is 0 Å². The van der Waals surface area contributed by atoms with E-state index in [9.17, 15) is 0 Å². The van der Waals surface area contributed by atoms with Gasteiger partial charge >= 0.3 is 0 Å². The summed E-state index contributed by atoms with van der Waals surface area (Å²) in [6, 6.07) is 0. The molecular weight excluding hydrogens is 192 g/mol. The minimum absolute atomic E-state index is 1.08. The first-order chi connectivity index (χ1) is 6.66. The maximum atomic E-state index is 4.36. The Morgan fingerprint density at radius 2 is 1.50 bits per heavy atom. The molecule has 74 valence electrons. The minimum atomic E-state index is 1.08. The molecule has 0 spiro atoms. The topological polar surface area (TPSA) is 25.8 Å². The number of aryl methyl sites for hydroxylation is 2. The van der Waals surface area contributed by atoms with Crippen molar-refractivity contribution in [3.63, 3.8) is 0 Å². The highest BCUT2D eigenvalue weighted by Gasteiger charge is 2.13. The molecule has 0 saturated carbocycles. The standard InChI is InChI=1S/C11H14N2S/c1-5-9-6(2)7(3)10-11(8(9)4)13-14-12-10/h5H2,1-4H3. The van der Waals surface area contributed by atoms with Gasteiger partial charge in [0.2, 0.25) is 0 Å². The maximum absolute atomic E-state index is 4.36. The van der Waals surface area contributed by atoms with Crippen LogP contribution in [0.2, 0.25) is 0 Å². The van der Waals surface area contributed by atoms with Gasteiger partial charge in [-0.2, -0.15) is 8.75 Å². The van der Waals surface area contributed by atoms with E-state index in [0.29, 0.717) is 0 Å². The molecular formula is C11H14N2S. The van der Waals surface area contributed by atoms with Crippen molar-refractivity contribution in [3.8, 4) is 0 Å². The molecule has 0 fully saturated rings. The Hall–Kier alpha value is -0.960. The third kappa shape index (κ3) is 1.16. The predicted octanol–water partition coefficient (Wildman–Crippen LogP) is 3.18. The second-order valence-corrected chi connectivity index (χ2v) is 4.20. The summed E-state index contributed by atoms with van der Waals surface area (Å²) in [5.41, 5.74) is 7.58. The van der Waals surface area contributed by atoms with Gasteiger partial charge in [-0.3, -0.25) is 0 Å². The zero-order valence-electron chi connectivity index (χ0n) is 9.01. The van der Waals surface area contributed by atoms with Gasteiger partial charge in [0.15, 0.2) is 0 Å². The number of benzene rings is 1. The summed E-state index contributed by atoms with van der Waals surface area (Å²) in [7, 11) is 0. The maximum Gasteiger partial charge on any atom is 0.108 e. The molecule has 2 aromatic rings. The van der Waals surface area contributed by atoms with Gasteiger partial charge < -0.3 is 0 Å². The zero-order valence-corrected chi connectivity index (χ0v) is 9.83. The molecule has 2 nitrogen and oxygen atoms in total. The monoisotopic (exact) mass is 206 g/mol. The Labute approximate surface area is 88.3 Å². The van der Waals surface area contributed by atoms with Gasteiger partial charge in [-0.05, 0) is 49.4 Å². The van der Waals surface area contributed by atoms with Crippen molar-refractivity contribution in [2.45, 2.75) is 34.1 Å². The molecule has 2 rings (SSSR count). The second-order valence-electron chi connectivity index (χ2n) is 3.67. The molecule has 0 amide bonds. The van der Waals surface area contributed by atoms with Crippen molar-refractivity contribution in [1.29, 1.82) is 0 Å². The molecule has 3 heteroatoms. The summed E-state index contributed by atoms with van der Waals surface area (Å²) >= 11 is 1.31. The molecule has 14 heavy (non-hydrogen) atoms. The van der Waals surface area contributed by atoms with E-state index in [1.807, 2.05) is 0 Å². The summed E-state index contributed by atoms with van der Waals surface area (Å²) in [4.78, 5) is 0. The Kier molecular flexibility index (Phi) is 2.27. The Morgan fingerprint density at radius 1 is 0.929 bits per heavy atom. The van der Waals surface area contributed by atoms with Crippen LogP contribution in [0.5, 0.6) is 0 Å². The summed E-state index contributed by atoms with van der Waals surface area (Å²) in [5.74, 6) is 0. The van der Waals surface area contributed by atoms with Crippen molar-refractivity contribution >= 4 is 22.8 Å². The van der Waals surface area contributed by atoms with E-state index >= 15 is 0 Å². The molecule has 1 heterocycles. The highest BCUT2D eigenvalue weighted by atomic mass is 32.1. The summed E-state index contributed by atoms with van der Waals surface area (Å²) in [5, 5.41) is 0. The zero-order chi connectivity index (χ0) is 10.3. The first-order valence-electron chi connectivity index (χ1n) is 4.87. The van der Waals surface area contributed by atoms with Crippen LogP contribution < -0.4 is 0 Å². The largest absolute Gasteiger partial charge is 0.173 e. The average molecular weight is 206 g/mol. The van der Waals surface area contributed by atoms with E-state index in [2.05, 4.69) is 36.4 Å². The van der Waals surface area contributed by atoms with Gasteiger partial charge in [0.25, 0.3) is 0 Å². The first kappa shape index (κ1) is 9.59. The third-order valence-corrected chi connectivity index (χ3v) is 3.55. The van der Waals surface area contributed by atoms with Crippen LogP contribution in [0.1, 0.15) is 29.2 Å². The molecule has 0 bridgehead atoms. The minimum Gasteiger partial charge on any atom is -0.173 e. The number of rotatable bonds is 1. The van der Waals surface area contributed by atoms with Crippen molar-refractivity contribution < 1.29 is 0 Å². The van der Waals surface area contributed by atoms with Crippen molar-refractivity contribution in [2.24, 2.45) is 0 Å². The lowest BCUT2D eigenvalue weighted by Crippen LogP contribution is -1.96. The van der Waals surface area contributed by atoms with Crippen molar-refractivity contribution in [2.75, 3.05) is 0 Å². The molecule has 0 aliphatic heterocycles. The second kappa shape index (κ2) is 3.31. The molecule has 0 atom stereocenters. The Balaban J connectivity index is 2.94. The molecule has 0 unspecified atom stereocenters. The van der Waals surface area contributed by atoms with Crippen LogP contribution in [0.15, 0.2) is 0 Å². The average Bonchev–Trinajstić information content (AvgIpc) is 2.64. The smallest absolute Gasteiger partial charge is 0.108 e. The van der Waals surface area contributed by atoms with E-state index in [0.717, 1.165) is 17.5 Å². The number of nitrogens with zero attached hydrogens (tertiary/aromatic N) is 2. The lowest BCUT2D eigenvalue weighted by atomic mass is 9.95. The molecule has 0 aliphatic carbocycles. The van der Waals surface area contributed by atoms with Gasteiger partial charge in [0.05, 0.1) is 11.7 Å². The van der Waals surface area contributed by atoms with E-state index in [-0.39, 0.29) is 0 Å². The third-order valence-electron chi connectivity index (χ3n) is 3.02. The molecule has 0 saturated heterocycles. The lowest BCUT2D eigenvalue weighted by molar-refractivity contribution is 1.08. The lowest BCUT2D eigenvalue weighted by Gasteiger charge is -2.10. The fourth-order valence-electron chi connectivity index (χ4n) is 2.04. The van der Waals surface area contributed by atoms with E-state index in [4.69, 9.17) is 0 Å². The Morgan fingerprint density at radius 3 is 2.07 bits per heavy atom. The highest BCUT2D eigenvalue weighted by Crippen LogP contribution is 2.28. The van der Waals surface area contributed by atoms with Crippen LogP contribution in [0, 0.1) is 20.8 Å². The molecule has 1 aromatic heterocycles. The Bertz CT molecular complexity index is 485. The first-order valence-corrected chi connectivity index (χ1v) is 5.60. The van der Waals surface area contributed by atoms with Crippen molar-refractivity contribution in [3.05, 3.63) is 22.3 Å². The molecule has 1 aromatic carbocycles. The molecule has 0 aliphatic rings. The van der Waals surface area contributed by atoms with Crippen LogP contribution in [0.4, 0.5) is 0 Å². The fraction of sp³-hybridized carbons (Fsp3) is 0.455.